The molecule has 0 unspecified atom stereocenters. The molecular formula is C21H25ClN2O3. The Morgan fingerprint density at radius 1 is 1.11 bits per heavy atom. The highest BCUT2D eigenvalue weighted by Gasteiger charge is 2.43. The van der Waals surface area contributed by atoms with Crippen molar-refractivity contribution in [2.45, 2.75) is 18.4 Å². The second kappa shape index (κ2) is 8.30. The number of halogens is 1. The number of carbonyl (C=O) groups is 1. The maximum atomic E-state index is 13.0. The number of fused-ring (bicyclic) bond motifs is 1. The van der Waals surface area contributed by atoms with Crippen LogP contribution in [0.4, 0.5) is 0 Å². The fourth-order valence-corrected chi connectivity index (χ4v) is 3.91. The Kier molecular flexibility index (Phi) is 6.05. The number of nitrogens with zero attached hydrogens (tertiary/aromatic N) is 1. The summed E-state index contributed by atoms with van der Waals surface area (Å²) in [5.74, 6) is 1.48. The molecule has 4 rings (SSSR count). The van der Waals surface area contributed by atoms with E-state index < -0.39 is 5.60 Å². The Bertz CT molecular complexity index is 786. The van der Waals surface area contributed by atoms with Gasteiger partial charge in [-0.15, -0.1) is 12.4 Å². The summed E-state index contributed by atoms with van der Waals surface area (Å²) in [6, 6.07) is 16.8. The third-order valence-electron chi connectivity index (χ3n) is 5.49. The summed E-state index contributed by atoms with van der Waals surface area (Å²) in [5, 5.41) is 14.1. The Morgan fingerprint density at radius 2 is 1.89 bits per heavy atom. The number of aliphatic hydroxyl groups is 1. The van der Waals surface area contributed by atoms with Gasteiger partial charge in [-0.25, -0.2) is 0 Å². The van der Waals surface area contributed by atoms with Crippen LogP contribution in [0.25, 0.3) is 0 Å². The zero-order valence-electron chi connectivity index (χ0n) is 15.1. The number of likely N-dealkylation sites (tertiary alicyclic amines) is 1. The molecular weight excluding hydrogens is 364 g/mol. The highest BCUT2D eigenvalue weighted by Crippen LogP contribution is 2.33. The highest BCUT2D eigenvalue weighted by molar-refractivity contribution is 5.94. The van der Waals surface area contributed by atoms with E-state index >= 15 is 0 Å². The number of benzene rings is 2. The lowest BCUT2D eigenvalue weighted by atomic mass is 9.76. The van der Waals surface area contributed by atoms with Crippen LogP contribution in [0.5, 0.6) is 11.5 Å². The van der Waals surface area contributed by atoms with Crippen LogP contribution in [-0.2, 0) is 0 Å². The predicted molar refractivity (Wildman–Crippen MR) is 107 cm³/mol. The quantitative estimate of drug-likeness (QED) is 0.848. The maximum absolute atomic E-state index is 13.0. The summed E-state index contributed by atoms with van der Waals surface area (Å²) in [6.07, 6.45) is 1.41. The third kappa shape index (κ3) is 4.26. The summed E-state index contributed by atoms with van der Waals surface area (Å²) in [7, 11) is 0. The zero-order chi connectivity index (χ0) is 18.0. The van der Waals surface area contributed by atoms with Gasteiger partial charge in [0.1, 0.15) is 11.5 Å². The van der Waals surface area contributed by atoms with Crippen LogP contribution in [0, 0.1) is 5.92 Å². The van der Waals surface area contributed by atoms with Crippen LogP contribution < -0.4 is 10.1 Å². The minimum atomic E-state index is -0.625. The molecule has 6 heteroatoms. The molecule has 144 valence electrons. The van der Waals surface area contributed by atoms with Gasteiger partial charge < -0.3 is 20.1 Å². The van der Waals surface area contributed by atoms with Crippen molar-refractivity contribution in [1.29, 1.82) is 0 Å². The van der Waals surface area contributed by atoms with E-state index in [9.17, 15) is 9.90 Å². The van der Waals surface area contributed by atoms with Gasteiger partial charge in [0.25, 0.3) is 5.91 Å². The third-order valence-corrected chi connectivity index (χ3v) is 5.49. The molecule has 2 N–H and O–H groups in total. The lowest BCUT2D eigenvalue weighted by Crippen LogP contribution is -2.59. The number of para-hydroxylation sites is 1. The van der Waals surface area contributed by atoms with Gasteiger partial charge in [0.05, 0.1) is 5.60 Å². The Morgan fingerprint density at radius 3 is 2.70 bits per heavy atom. The van der Waals surface area contributed by atoms with E-state index in [0.29, 0.717) is 30.8 Å². The molecule has 0 saturated carbocycles. The average molecular weight is 389 g/mol. The first kappa shape index (κ1) is 19.7. The van der Waals surface area contributed by atoms with Crippen molar-refractivity contribution in [3.63, 3.8) is 0 Å². The molecule has 0 radical (unpaired) electrons. The first-order chi connectivity index (χ1) is 12.6. The van der Waals surface area contributed by atoms with Gasteiger partial charge in [-0.1, -0.05) is 24.3 Å². The predicted octanol–water partition coefficient (Wildman–Crippen LogP) is 3.09. The van der Waals surface area contributed by atoms with Gasteiger partial charge in [0.15, 0.2) is 0 Å². The molecule has 5 nitrogen and oxygen atoms in total. The monoisotopic (exact) mass is 388 g/mol. The lowest BCUT2D eigenvalue weighted by Gasteiger charge is -2.47. The topological polar surface area (TPSA) is 61.8 Å². The van der Waals surface area contributed by atoms with Crippen LogP contribution in [0.3, 0.4) is 0 Å². The van der Waals surface area contributed by atoms with E-state index in [1.807, 2.05) is 53.4 Å². The molecule has 0 bridgehead atoms. The first-order valence-corrected chi connectivity index (χ1v) is 9.19. The first-order valence-electron chi connectivity index (χ1n) is 9.19. The number of rotatable bonds is 3. The number of piperidine rings is 2. The lowest BCUT2D eigenvalue weighted by molar-refractivity contribution is -0.0817. The molecule has 2 saturated heterocycles. The van der Waals surface area contributed by atoms with Crippen LogP contribution >= 0.6 is 12.4 Å². The van der Waals surface area contributed by atoms with Crippen molar-refractivity contribution < 1.29 is 14.6 Å². The van der Waals surface area contributed by atoms with E-state index in [1.54, 1.807) is 6.07 Å². The van der Waals surface area contributed by atoms with Crippen molar-refractivity contribution >= 4 is 18.3 Å². The van der Waals surface area contributed by atoms with Crippen LogP contribution in [0.2, 0.25) is 0 Å². The fraction of sp³-hybridized carbons (Fsp3) is 0.381. The average Bonchev–Trinajstić information content (AvgIpc) is 2.68. The van der Waals surface area contributed by atoms with E-state index in [4.69, 9.17) is 4.74 Å². The van der Waals surface area contributed by atoms with E-state index in [0.717, 1.165) is 25.3 Å². The summed E-state index contributed by atoms with van der Waals surface area (Å²) >= 11 is 0. The largest absolute Gasteiger partial charge is 0.457 e. The molecule has 2 aliphatic rings. The molecule has 2 atom stereocenters. The minimum Gasteiger partial charge on any atom is -0.457 e. The number of hydrogen-bond acceptors (Lipinski definition) is 4. The standard InChI is InChI=1S/C21H24N2O3.ClH/c24-20(23-12-10-21(25)9-11-22-14-17(21)15-23)16-5-4-8-19(13-16)26-18-6-2-1-3-7-18;/h1-8,13,17,22,25H,9-12,14-15H2;1H/t17-,21-;/m0./s1. The summed E-state index contributed by atoms with van der Waals surface area (Å²) in [6.45, 7) is 2.79. The molecule has 2 heterocycles. The van der Waals surface area contributed by atoms with E-state index in [2.05, 4.69) is 5.32 Å². The minimum absolute atomic E-state index is 0. The van der Waals surface area contributed by atoms with Gasteiger partial charge in [0.2, 0.25) is 0 Å². The second-order valence-corrected chi connectivity index (χ2v) is 7.20. The van der Waals surface area contributed by atoms with Crippen LogP contribution in [0.15, 0.2) is 54.6 Å². The van der Waals surface area contributed by atoms with Crippen molar-refractivity contribution in [2.75, 3.05) is 26.2 Å². The molecule has 1 amide bonds. The number of hydrogen-bond donors (Lipinski definition) is 2. The molecule has 27 heavy (non-hydrogen) atoms. The van der Waals surface area contributed by atoms with Crippen LogP contribution in [-0.4, -0.2) is 47.7 Å². The van der Waals surface area contributed by atoms with Crippen molar-refractivity contribution in [3.05, 3.63) is 60.2 Å². The SMILES string of the molecule is Cl.O=C(c1cccc(Oc2ccccc2)c1)N1CC[C@@]2(O)CCNC[C@H]2C1. The fourth-order valence-electron chi connectivity index (χ4n) is 3.91. The number of carbonyl (C=O) groups excluding carboxylic acids is 1. The smallest absolute Gasteiger partial charge is 0.254 e. The summed E-state index contributed by atoms with van der Waals surface area (Å²) < 4.78 is 5.84. The molecule has 2 aliphatic heterocycles. The van der Waals surface area contributed by atoms with Gasteiger partial charge in [0, 0.05) is 31.1 Å². The van der Waals surface area contributed by atoms with Gasteiger partial charge >= 0.3 is 0 Å². The second-order valence-electron chi connectivity index (χ2n) is 7.20. The van der Waals surface area contributed by atoms with Gasteiger partial charge in [-0.2, -0.15) is 0 Å². The zero-order valence-corrected chi connectivity index (χ0v) is 16.0. The summed E-state index contributed by atoms with van der Waals surface area (Å²) in [4.78, 5) is 14.8. The van der Waals surface area contributed by atoms with Gasteiger partial charge in [-0.05, 0) is 49.7 Å². The molecule has 2 fully saturated rings. The summed E-state index contributed by atoms with van der Waals surface area (Å²) in [5.41, 5.74) is -0.00652. The maximum Gasteiger partial charge on any atom is 0.254 e. The number of amides is 1. The molecule has 0 aromatic heterocycles. The van der Waals surface area contributed by atoms with Gasteiger partial charge in [-0.3, -0.25) is 4.79 Å². The molecule has 0 aliphatic carbocycles. The number of nitrogens with one attached hydrogen (secondary N) is 1. The number of ether oxygens (including phenoxy) is 1. The van der Waals surface area contributed by atoms with E-state index in [1.165, 1.54) is 0 Å². The van der Waals surface area contributed by atoms with Crippen molar-refractivity contribution in [1.82, 2.24) is 10.2 Å². The Labute approximate surface area is 165 Å². The van der Waals surface area contributed by atoms with Crippen molar-refractivity contribution in [3.8, 4) is 11.5 Å². The molecule has 2 aromatic rings. The highest BCUT2D eigenvalue weighted by atomic mass is 35.5. The Hall–Kier alpha value is -2.08. The normalized spacial score (nSPS) is 24.5. The van der Waals surface area contributed by atoms with E-state index in [-0.39, 0.29) is 24.2 Å². The molecule has 0 spiro atoms. The van der Waals surface area contributed by atoms with Crippen LogP contribution in [0.1, 0.15) is 23.2 Å². The van der Waals surface area contributed by atoms with Crippen molar-refractivity contribution in [2.24, 2.45) is 5.92 Å². The Balaban J connectivity index is 0.00000210. The molecule has 2 aromatic carbocycles.